The molecule has 0 aliphatic rings. The molecule has 1 aromatic rings. The van der Waals surface area contributed by atoms with Crippen molar-refractivity contribution in [3.8, 4) is 5.75 Å². The van der Waals surface area contributed by atoms with Gasteiger partial charge in [-0.25, -0.2) is 0 Å². The quantitative estimate of drug-likeness (QED) is 0.491. The van der Waals surface area contributed by atoms with Gasteiger partial charge in [0.1, 0.15) is 5.75 Å². The monoisotopic (exact) mass is 260 g/mol. The molecule has 0 spiro atoms. The molecule has 5 nitrogen and oxygen atoms in total. The van der Waals surface area contributed by atoms with Gasteiger partial charge in [0.15, 0.2) is 0 Å². The van der Waals surface area contributed by atoms with E-state index in [1.807, 2.05) is 0 Å². The second-order valence-electron chi connectivity index (χ2n) is 3.59. The topological polar surface area (TPSA) is 67.4 Å². The van der Waals surface area contributed by atoms with E-state index in [0.29, 0.717) is 16.9 Å². The molecule has 0 radical (unpaired) electrons. The highest BCUT2D eigenvalue weighted by Gasteiger charge is 2.09. The lowest BCUT2D eigenvalue weighted by Gasteiger charge is -2.08. The molecule has 2 N–H and O–H groups in total. The minimum absolute atomic E-state index is 0.381. The van der Waals surface area contributed by atoms with E-state index in [1.54, 1.807) is 37.3 Å². The number of ether oxygens (including phenoxy) is 1. The molecule has 100 valence electrons. The van der Waals surface area contributed by atoms with E-state index in [9.17, 15) is 9.59 Å². The van der Waals surface area contributed by atoms with E-state index in [1.165, 1.54) is 13.2 Å². The molecule has 0 saturated carbocycles. The van der Waals surface area contributed by atoms with Gasteiger partial charge < -0.3 is 4.74 Å². The SMILES string of the molecule is C=C/C(=C\C)C(=O)NNC(=O)c1cccc(OC)c1. The Morgan fingerprint density at radius 3 is 2.63 bits per heavy atom. The second kappa shape index (κ2) is 7.00. The first-order chi connectivity index (χ1) is 9.12. The average molecular weight is 260 g/mol. The van der Waals surface area contributed by atoms with Gasteiger partial charge in [-0.3, -0.25) is 20.4 Å². The molecule has 2 amide bonds. The molecule has 0 fully saturated rings. The molecule has 0 unspecified atom stereocenters. The van der Waals surface area contributed by atoms with Crippen molar-refractivity contribution in [2.75, 3.05) is 7.11 Å². The van der Waals surface area contributed by atoms with Gasteiger partial charge in [0.05, 0.1) is 7.11 Å². The molecule has 19 heavy (non-hydrogen) atoms. The lowest BCUT2D eigenvalue weighted by atomic mass is 10.2. The molecule has 1 aromatic carbocycles. The van der Waals surface area contributed by atoms with Gasteiger partial charge in [-0.1, -0.05) is 24.8 Å². The summed E-state index contributed by atoms with van der Waals surface area (Å²) in [5.41, 5.74) is 5.39. The first-order valence-corrected chi connectivity index (χ1v) is 5.65. The summed E-state index contributed by atoms with van der Waals surface area (Å²) < 4.78 is 5.01. The summed E-state index contributed by atoms with van der Waals surface area (Å²) >= 11 is 0. The van der Waals surface area contributed by atoms with Gasteiger partial charge in [0.2, 0.25) is 0 Å². The summed E-state index contributed by atoms with van der Waals surface area (Å²) in [6.45, 7) is 5.21. The standard InChI is InChI=1S/C14H16N2O3/c1-4-10(5-2)13(17)15-16-14(18)11-7-6-8-12(9-11)19-3/h4-9H,1H2,2-3H3,(H,15,17)(H,16,18)/b10-5+. The van der Waals surface area contributed by atoms with Crippen molar-refractivity contribution in [3.05, 3.63) is 54.1 Å². The minimum Gasteiger partial charge on any atom is -0.497 e. The van der Waals surface area contributed by atoms with Crippen LogP contribution < -0.4 is 15.6 Å². The summed E-state index contributed by atoms with van der Waals surface area (Å²) in [6.07, 6.45) is 3.01. The smallest absolute Gasteiger partial charge is 0.269 e. The zero-order valence-electron chi connectivity index (χ0n) is 10.9. The summed E-state index contributed by atoms with van der Waals surface area (Å²) in [4.78, 5) is 23.4. The van der Waals surface area contributed by atoms with E-state index in [4.69, 9.17) is 4.74 Å². The van der Waals surface area contributed by atoms with Gasteiger partial charge in [-0.15, -0.1) is 0 Å². The first kappa shape index (κ1) is 14.5. The molecule has 0 atom stereocenters. The molecular formula is C14H16N2O3. The highest BCUT2D eigenvalue weighted by molar-refractivity contribution is 6.00. The molecule has 0 heterocycles. The van der Waals surface area contributed by atoms with Crippen molar-refractivity contribution in [1.82, 2.24) is 10.9 Å². The Hall–Kier alpha value is -2.56. The Kier molecular flexibility index (Phi) is 5.35. The number of methoxy groups -OCH3 is 1. The van der Waals surface area contributed by atoms with Gasteiger partial charge in [0.25, 0.3) is 11.8 Å². The van der Waals surface area contributed by atoms with Crippen LogP contribution in [0.3, 0.4) is 0 Å². The van der Waals surface area contributed by atoms with Gasteiger partial charge >= 0.3 is 0 Å². The average Bonchev–Trinajstić information content (AvgIpc) is 2.46. The summed E-state index contributed by atoms with van der Waals surface area (Å²) in [5, 5.41) is 0. The van der Waals surface area contributed by atoms with E-state index in [-0.39, 0.29) is 0 Å². The molecule has 5 heteroatoms. The number of allylic oxidation sites excluding steroid dienone is 1. The number of nitrogens with one attached hydrogen (secondary N) is 2. The van der Waals surface area contributed by atoms with Crippen LogP contribution in [0.4, 0.5) is 0 Å². The van der Waals surface area contributed by atoms with E-state index in [0.717, 1.165) is 0 Å². The van der Waals surface area contributed by atoms with Crippen molar-refractivity contribution in [2.24, 2.45) is 0 Å². The molecule has 0 aromatic heterocycles. The van der Waals surface area contributed by atoms with Gasteiger partial charge in [-0.2, -0.15) is 0 Å². The summed E-state index contributed by atoms with van der Waals surface area (Å²) in [6, 6.07) is 6.61. The third kappa shape index (κ3) is 3.99. The van der Waals surface area contributed by atoms with Crippen LogP contribution in [0.2, 0.25) is 0 Å². The van der Waals surface area contributed by atoms with Crippen LogP contribution in [-0.2, 0) is 4.79 Å². The molecule has 0 aliphatic carbocycles. The van der Waals surface area contributed by atoms with Crippen LogP contribution in [0.25, 0.3) is 0 Å². The highest BCUT2D eigenvalue weighted by Crippen LogP contribution is 2.11. The molecule has 1 rings (SSSR count). The van der Waals surface area contributed by atoms with Gasteiger partial charge in [0, 0.05) is 11.1 Å². The third-order valence-electron chi connectivity index (χ3n) is 2.41. The lowest BCUT2D eigenvalue weighted by molar-refractivity contribution is -0.117. The van der Waals surface area contributed by atoms with E-state index < -0.39 is 11.8 Å². The van der Waals surface area contributed by atoms with Crippen molar-refractivity contribution >= 4 is 11.8 Å². The minimum atomic E-state index is -0.424. The fourth-order valence-corrected chi connectivity index (χ4v) is 1.36. The normalized spacial score (nSPS) is 10.5. The largest absolute Gasteiger partial charge is 0.497 e. The van der Waals surface area contributed by atoms with Gasteiger partial charge in [-0.05, 0) is 25.1 Å². The Morgan fingerprint density at radius 2 is 2.05 bits per heavy atom. The number of rotatable bonds is 4. The lowest BCUT2D eigenvalue weighted by Crippen LogP contribution is -2.42. The maximum atomic E-state index is 11.8. The zero-order valence-corrected chi connectivity index (χ0v) is 10.9. The van der Waals surface area contributed by atoms with Crippen LogP contribution in [0.1, 0.15) is 17.3 Å². The second-order valence-corrected chi connectivity index (χ2v) is 3.59. The maximum Gasteiger partial charge on any atom is 0.269 e. The summed E-state index contributed by atoms with van der Waals surface area (Å²) in [7, 11) is 1.52. The first-order valence-electron chi connectivity index (χ1n) is 5.65. The van der Waals surface area contributed by atoms with Crippen LogP contribution in [0.15, 0.2) is 48.6 Å². The Labute approximate surface area is 111 Å². The number of carbonyl (C=O) groups excluding carboxylic acids is 2. The predicted octanol–water partition coefficient (Wildman–Crippen LogP) is 1.59. The number of carbonyl (C=O) groups is 2. The highest BCUT2D eigenvalue weighted by atomic mass is 16.5. The van der Waals surface area contributed by atoms with Crippen LogP contribution in [0, 0.1) is 0 Å². The Morgan fingerprint density at radius 1 is 1.32 bits per heavy atom. The Bertz CT molecular complexity index is 521. The van der Waals surface area contributed by atoms with Crippen molar-refractivity contribution in [2.45, 2.75) is 6.92 Å². The van der Waals surface area contributed by atoms with E-state index >= 15 is 0 Å². The molecule has 0 aliphatic heterocycles. The fourth-order valence-electron chi connectivity index (χ4n) is 1.36. The summed E-state index contributed by atoms with van der Waals surface area (Å²) in [5.74, 6) is -0.278. The Balaban J connectivity index is 2.65. The zero-order chi connectivity index (χ0) is 14.3. The predicted molar refractivity (Wildman–Crippen MR) is 72.6 cm³/mol. The van der Waals surface area contributed by atoms with Crippen LogP contribution in [0.5, 0.6) is 5.75 Å². The van der Waals surface area contributed by atoms with Crippen LogP contribution in [-0.4, -0.2) is 18.9 Å². The molecular weight excluding hydrogens is 244 g/mol. The number of hydrogen-bond acceptors (Lipinski definition) is 3. The number of amides is 2. The van der Waals surface area contributed by atoms with E-state index in [2.05, 4.69) is 17.4 Å². The maximum absolute atomic E-state index is 11.8. The fraction of sp³-hybridized carbons (Fsp3) is 0.143. The van der Waals surface area contributed by atoms with Crippen molar-refractivity contribution in [1.29, 1.82) is 0 Å². The number of hydrogen-bond donors (Lipinski definition) is 2. The number of hydrazine groups is 1. The molecule has 0 bridgehead atoms. The molecule has 0 saturated heterocycles. The van der Waals surface area contributed by atoms with Crippen molar-refractivity contribution in [3.63, 3.8) is 0 Å². The number of benzene rings is 1. The van der Waals surface area contributed by atoms with Crippen LogP contribution >= 0.6 is 0 Å². The third-order valence-corrected chi connectivity index (χ3v) is 2.41. The van der Waals surface area contributed by atoms with Crippen molar-refractivity contribution < 1.29 is 14.3 Å².